The minimum atomic E-state index is -0.535. The Kier molecular flexibility index (Phi) is 4.15. The predicted octanol–water partition coefficient (Wildman–Crippen LogP) is 5.41. The van der Waals surface area contributed by atoms with Crippen molar-refractivity contribution in [2.45, 2.75) is 32.7 Å². The van der Waals surface area contributed by atoms with Crippen molar-refractivity contribution in [3.8, 4) is 5.75 Å². The van der Waals surface area contributed by atoms with Gasteiger partial charge >= 0.3 is 0 Å². The third-order valence-electron chi connectivity index (χ3n) is 5.10. The van der Waals surface area contributed by atoms with E-state index < -0.39 is 11.9 Å². The van der Waals surface area contributed by atoms with E-state index in [2.05, 4.69) is 10.6 Å². The summed E-state index contributed by atoms with van der Waals surface area (Å²) in [4.78, 5) is 13.1. The fourth-order valence-electron chi connectivity index (χ4n) is 3.92. The summed E-state index contributed by atoms with van der Waals surface area (Å²) in [7, 11) is 0. The van der Waals surface area contributed by atoms with Crippen LogP contribution < -0.4 is 10.6 Å². The lowest BCUT2D eigenvalue weighted by Gasteiger charge is -2.34. The number of rotatable bonds is 1. The summed E-state index contributed by atoms with van der Waals surface area (Å²) in [5.41, 5.74) is 2.94. The molecule has 6 heteroatoms. The van der Waals surface area contributed by atoms with Gasteiger partial charge in [0.05, 0.1) is 11.7 Å². The molecule has 1 aliphatic carbocycles. The lowest BCUT2D eigenvalue weighted by molar-refractivity contribution is -0.118. The summed E-state index contributed by atoms with van der Waals surface area (Å²) >= 11 is 6.33. The maximum absolute atomic E-state index is 13.6. The summed E-state index contributed by atoms with van der Waals surface area (Å²) in [6.07, 6.45) is 1.06. The number of ketones is 1. The lowest BCUT2D eigenvalue weighted by Crippen LogP contribution is -2.31. The molecule has 3 N–H and O–H groups in total. The first-order valence-corrected chi connectivity index (χ1v) is 9.20. The van der Waals surface area contributed by atoms with Crippen LogP contribution in [0.4, 0.5) is 15.8 Å². The number of aromatic hydroxyl groups is 1. The average molecular weight is 387 g/mol. The van der Waals surface area contributed by atoms with Crippen LogP contribution in [0.2, 0.25) is 5.02 Å². The number of phenols is 1. The van der Waals surface area contributed by atoms with Crippen molar-refractivity contribution in [1.82, 2.24) is 0 Å². The molecule has 4 rings (SSSR count). The number of anilines is 2. The van der Waals surface area contributed by atoms with Gasteiger partial charge in [-0.2, -0.15) is 0 Å². The van der Waals surface area contributed by atoms with Gasteiger partial charge < -0.3 is 15.7 Å². The Morgan fingerprint density at radius 2 is 2.00 bits per heavy atom. The zero-order valence-corrected chi connectivity index (χ0v) is 15.8. The molecule has 0 aromatic heterocycles. The number of carbonyl (C=O) groups excluding carboxylic acids is 1. The monoisotopic (exact) mass is 386 g/mol. The SMILES string of the molecule is CC1(C)CC(=O)C2=C(C1)Nc1c(O)cccc1NC2c1ccc(F)cc1Cl. The highest BCUT2D eigenvalue weighted by Crippen LogP contribution is 2.48. The van der Waals surface area contributed by atoms with E-state index in [0.29, 0.717) is 35.4 Å². The molecule has 0 spiro atoms. The van der Waals surface area contributed by atoms with Gasteiger partial charge in [-0.15, -0.1) is 0 Å². The fourth-order valence-corrected chi connectivity index (χ4v) is 4.20. The summed E-state index contributed by atoms with van der Waals surface area (Å²) in [5, 5.41) is 17.2. The maximum atomic E-state index is 13.6. The van der Waals surface area contributed by atoms with Gasteiger partial charge in [0.1, 0.15) is 17.3 Å². The van der Waals surface area contributed by atoms with Crippen LogP contribution in [0.3, 0.4) is 0 Å². The number of carbonyl (C=O) groups is 1. The topological polar surface area (TPSA) is 61.4 Å². The van der Waals surface area contributed by atoms with E-state index in [1.165, 1.54) is 12.1 Å². The summed E-state index contributed by atoms with van der Waals surface area (Å²) in [6, 6.07) is 8.78. The largest absolute Gasteiger partial charge is 0.506 e. The fraction of sp³-hybridized carbons (Fsp3) is 0.286. The lowest BCUT2D eigenvalue weighted by atomic mass is 9.73. The Morgan fingerprint density at radius 1 is 1.22 bits per heavy atom. The zero-order valence-electron chi connectivity index (χ0n) is 15.1. The molecule has 0 bridgehead atoms. The Hall–Kier alpha value is -2.53. The van der Waals surface area contributed by atoms with Gasteiger partial charge in [0.15, 0.2) is 5.78 Å². The third kappa shape index (κ3) is 3.16. The minimum Gasteiger partial charge on any atom is -0.506 e. The molecular weight excluding hydrogens is 367 g/mol. The van der Waals surface area contributed by atoms with Crippen LogP contribution in [0.25, 0.3) is 0 Å². The summed E-state index contributed by atoms with van der Waals surface area (Å²) in [5.74, 6) is -0.327. The van der Waals surface area contributed by atoms with Gasteiger partial charge in [-0.3, -0.25) is 4.79 Å². The molecule has 2 aromatic carbocycles. The van der Waals surface area contributed by atoms with E-state index in [4.69, 9.17) is 11.6 Å². The van der Waals surface area contributed by atoms with Crippen LogP contribution in [-0.4, -0.2) is 10.9 Å². The van der Waals surface area contributed by atoms with Crippen molar-refractivity contribution in [3.05, 3.63) is 64.1 Å². The molecule has 0 saturated heterocycles. The second-order valence-corrected chi connectivity index (χ2v) is 8.31. The number of Topliss-reactive ketones (excluding diaryl/α,β-unsaturated/α-hetero) is 1. The number of fused-ring (bicyclic) bond motifs is 1. The van der Waals surface area contributed by atoms with Gasteiger partial charge in [-0.25, -0.2) is 4.39 Å². The highest BCUT2D eigenvalue weighted by Gasteiger charge is 2.39. The standard InChI is InChI=1S/C21H20ClFN2O2/c1-21(2)9-15-18(17(27)10-21)19(12-7-6-11(23)8-13(12)22)24-14-4-3-5-16(26)20(14)25-15/h3-8,19,24-26H,9-10H2,1-2H3. The van der Waals surface area contributed by atoms with Crippen LogP contribution in [0.15, 0.2) is 47.7 Å². The Bertz CT molecular complexity index is 984. The Morgan fingerprint density at radius 3 is 2.74 bits per heavy atom. The van der Waals surface area contributed by atoms with Crippen molar-refractivity contribution in [2.75, 3.05) is 10.6 Å². The molecule has 1 aliphatic heterocycles. The molecular formula is C21H20ClFN2O2. The van der Waals surface area contributed by atoms with E-state index in [0.717, 1.165) is 5.70 Å². The molecule has 1 atom stereocenters. The maximum Gasteiger partial charge on any atom is 0.163 e. The van der Waals surface area contributed by atoms with Crippen molar-refractivity contribution in [1.29, 1.82) is 0 Å². The molecule has 1 unspecified atom stereocenters. The molecule has 1 heterocycles. The van der Waals surface area contributed by atoms with Crippen LogP contribution in [0, 0.1) is 11.2 Å². The molecule has 0 amide bonds. The molecule has 140 valence electrons. The van der Waals surface area contributed by atoms with Crippen molar-refractivity contribution in [2.24, 2.45) is 5.41 Å². The van der Waals surface area contributed by atoms with Crippen LogP contribution >= 0.6 is 11.6 Å². The van der Waals surface area contributed by atoms with E-state index in [1.807, 2.05) is 19.9 Å². The van der Waals surface area contributed by atoms with Gasteiger partial charge in [-0.1, -0.05) is 37.6 Å². The first-order chi connectivity index (χ1) is 12.7. The number of para-hydroxylation sites is 1. The number of allylic oxidation sites excluding steroid dienone is 1. The number of hydrogen-bond acceptors (Lipinski definition) is 4. The highest BCUT2D eigenvalue weighted by atomic mass is 35.5. The summed E-state index contributed by atoms with van der Waals surface area (Å²) < 4.78 is 13.6. The molecule has 0 saturated carbocycles. The van der Waals surface area contributed by atoms with E-state index >= 15 is 0 Å². The molecule has 0 fully saturated rings. The number of hydrogen-bond donors (Lipinski definition) is 3. The van der Waals surface area contributed by atoms with Crippen molar-refractivity contribution < 1.29 is 14.3 Å². The number of nitrogens with one attached hydrogen (secondary N) is 2. The van der Waals surface area contributed by atoms with E-state index in [9.17, 15) is 14.3 Å². The van der Waals surface area contributed by atoms with Crippen LogP contribution in [0.1, 0.15) is 38.3 Å². The molecule has 27 heavy (non-hydrogen) atoms. The van der Waals surface area contributed by atoms with Crippen LogP contribution in [0.5, 0.6) is 5.75 Å². The number of halogens is 2. The van der Waals surface area contributed by atoms with Crippen LogP contribution in [-0.2, 0) is 4.79 Å². The van der Waals surface area contributed by atoms with Gasteiger partial charge in [-0.05, 0) is 41.7 Å². The first kappa shape index (κ1) is 17.9. The quantitative estimate of drug-likeness (QED) is 0.574. The third-order valence-corrected chi connectivity index (χ3v) is 5.43. The van der Waals surface area contributed by atoms with E-state index in [1.54, 1.807) is 18.2 Å². The van der Waals surface area contributed by atoms with Crippen molar-refractivity contribution >= 4 is 28.8 Å². The molecule has 2 aliphatic rings. The Labute approximate surface area is 162 Å². The smallest absolute Gasteiger partial charge is 0.163 e. The minimum absolute atomic E-state index is 0.0129. The summed E-state index contributed by atoms with van der Waals surface area (Å²) in [6.45, 7) is 4.08. The van der Waals surface area contributed by atoms with Gasteiger partial charge in [0.25, 0.3) is 0 Å². The van der Waals surface area contributed by atoms with Gasteiger partial charge in [0.2, 0.25) is 0 Å². The first-order valence-electron chi connectivity index (χ1n) is 8.82. The average Bonchev–Trinajstić information content (AvgIpc) is 2.71. The molecule has 0 radical (unpaired) electrons. The van der Waals surface area contributed by atoms with E-state index in [-0.39, 0.29) is 22.0 Å². The van der Waals surface area contributed by atoms with Crippen molar-refractivity contribution in [3.63, 3.8) is 0 Å². The molecule has 4 nitrogen and oxygen atoms in total. The zero-order chi connectivity index (χ0) is 19.3. The predicted molar refractivity (Wildman–Crippen MR) is 105 cm³/mol. The number of phenolic OH excluding ortho intramolecular Hbond substituents is 1. The highest BCUT2D eigenvalue weighted by molar-refractivity contribution is 6.31. The molecule has 2 aromatic rings. The Balaban J connectivity index is 1.93. The second kappa shape index (κ2) is 6.27. The number of benzene rings is 2. The van der Waals surface area contributed by atoms with Gasteiger partial charge in [0, 0.05) is 22.7 Å². The second-order valence-electron chi connectivity index (χ2n) is 7.90. The normalized spacial score (nSPS) is 20.9.